The molecule has 8 nitrogen and oxygen atoms in total. The van der Waals surface area contributed by atoms with E-state index in [1.165, 1.54) is 6.08 Å². The molecule has 3 aromatic rings. The second kappa shape index (κ2) is 8.45. The molecule has 0 saturated carbocycles. The number of nitriles is 1. The van der Waals surface area contributed by atoms with Gasteiger partial charge >= 0.3 is 0 Å². The van der Waals surface area contributed by atoms with Gasteiger partial charge in [0.2, 0.25) is 15.0 Å². The lowest BCUT2D eigenvalue weighted by molar-refractivity contribution is -0.112. The van der Waals surface area contributed by atoms with E-state index >= 15 is 0 Å². The zero-order valence-electron chi connectivity index (χ0n) is 17.7. The first-order chi connectivity index (χ1) is 14.5. The van der Waals surface area contributed by atoms with E-state index in [1.807, 2.05) is 39.8 Å². The minimum Gasteiger partial charge on any atom is -0.318 e. The van der Waals surface area contributed by atoms with Crippen molar-refractivity contribution < 1.29 is 13.2 Å². The Bertz CT molecular complexity index is 1340. The molecule has 0 aliphatic carbocycles. The minimum atomic E-state index is -3.58. The minimum absolute atomic E-state index is 0.00674. The van der Waals surface area contributed by atoms with Gasteiger partial charge in [0.1, 0.15) is 11.6 Å². The number of benzene rings is 1. The highest BCUT2D eigenvalue weighted by Crippen LogP contribution is 2.25. The highest BCUT2D eigenvalue weighted by molar-refractivity contribution is 7.90. The molecule has 1 amide bonds. The highest BCUT2D eigenvalue weighted by atomic mass is 32.2. The molecule has 2 aromatic heterocycles. The number of hydrogen-bond acceptors (Lipinski definition) is 7. The number of carbonyl (C=O) groups excluding carboxylic acids is 1. The van der Waals surface area contributed by atoms with Crippen molar-refractivity contribution in [3.63, 3.8) is 0 Å². The molecule has 0 spiro atoms. The molecule has 0 radical (unpaired) electrons. The van der Waals surface area contributed by atoms with Crippen LogP contribution in [0.3, 0.4) is 0 Å². The Hall–Kier alpha value is -3.29. The van der Waals surface area contributed by atoms with Gasteiger partial charge in [0.25, 0.3) is 11.1 Å². The number of rotatable bonds is 5. The summed E-state index contributed by atoms with van der Waals surface area (Å²) >= 11 is 0.736. The lowest BCUT2D eigenvalue weighted by Gasteiger charge is -2.12. The van der Waals surface area contributed by atoms with Crippen molar-refractivity contribution in [2.45, 2.75) is 32.9 Å². The Morgan fingerprint density at radius 1 is 1.16 bits per heavy atom. The van der Waals surface area contributed by atoms with Crippen LogP contribution < -0.4 is 5.32 Å². The number of anilines is 1. The van der Waals surface area contributed by atoms with E-state index in [-0.39, 0.29) is 15.9 Å². The van der Waals surface area contributed by atoms with Gasteiger partial charge < -0.3 is 4.57 Å². The second-order valence-electron chi connectivity index (χ2n) is 7.29. The molecule has 0 aliphatic heterocycles. The number of hydrogen-bond donors (Lipinski definition) is 1. The molecule has 160 valence electrons. The van der Waals surface area contributed by atoms with Crippen LogP contribution in [0.2, 0.25) is 0 Å². The fraction of sp³-hybridized carbons (Fsp3) is 0.238. The van der Waals surface area contributed by atoms with E-state index in [1.54, 1.807) is 0 Å². The summed E-state index contributed by atoms with van der Waals surface area (Å²) in [5.74, 6) is -0.685. The molecule has 0 aliphatic rings. The normalized spacial score (nSPS) is 11.9. The van der Waals surface area contributed by atoms with Gasteiger partial charge in [-0.05, 0) is 68.7 Å². The molecule has 0 unspecified atom stereocenters. The maximum atomic E-state index is 12.6. The van der Waals surface area contributed by atoms with Crippen LogP contribution >= 0.6 is 11.5 Å². The summed E-state index contributed by atoms with van der Waals surface area (Å²) in [6, 6.07) is 10.1. The molecular weight excluding hydrogens is 434 g/mol. The van der Waals surface area contributed by atoms with Crippen molar-refractivity contribution in [3.8, 4) is 11.8 Å². The van der Waals surface area contributed by atoms with E-state index < -0.39 is 15.7 Å². The number of nitrogens with one attached hydrogen (secondary N) is 1. The molecule has 3 rings (SSSR count). The number of carbonyl (C=O) groups is 1. The fourth-order valence-corrected chi connectivity index (χ4v) is 4.73. The summed E-state index contributed by atoms with van der Waals surface area (Å²) < 4.78 is 28.8. The molecule has 10 heteroatoms. The van der Waals surface area contributed by atoms with Crippen LogP contribution in [0.25, 0.3) is 11.8 Å². The standard InChI is InChI=1S/C21H21N5O3S2/c1-12-6-13(2)8-18(7-12)26-14(3)9-16(15(26)4)10-17(11-22)19(27)23-20-24-21(25-30-20)31(5,28)29/h6-10H,1-5H3,(H,23,24,25,27). The van der Waals surface area contributed by atoms with Crippen molar-refractivity contribution in [1.29, 1.82) is 5.26 Å². The summed E-state index contributed by atoms with van der Waals surface area (Å²) in [6.45, 7) is 7.95. The van der Waals surface area contributed by atoms with E-state index in [9.17, 15) is 18.5 Å². The van der Waals surface area contributed by atoms with Gasteiger partial charge in [-0.1, -0.05) is 6.07 Å². The van der Waals surface area contributed by atoms with Crippen molar-refractivity contribution in [3.05, 3.63) is 57.9 Å². The lowest BCUT2D eigenvalue weighted by atomic mass is 10.1. The summed E-state index contributed by atoms with van der Waals surface area (Å²) in [5, 5.41) is 11.6. The van der Waals surface area contributed by atoms with Gasteiger partial charge in [-0.2, -0.15) is 14.6 Å². The number of amides is 1. The van der Waals surface area contributed by atoms with Gasteiger partial charge in [-0.3, -0.25) is 10.1 Å². The fourth-order valence-electron chi connectivity index (χ4n) is 3.29. The van der Waals surface area contributed by atoms with E-state index in [0.29, 0.717) is 0 Å². The molecule has 0 bridgehead atoms. The van der Waals surface area contributed by atoms with Crippen LogP contribution in [0.15, 0.2) is 35.0 Å². The zero-order chi connectivity index (χ0) is 22.9. The summed E-state index contributed by atoms with van der Waals surface area (Å²) in [6.07, 6.45) is 2.49. The Morgan fingerprint density at radius 3 is 2.35 bits per heavy atom. The molecule has 1 N–H and O–H groups in total. The predicted octanol–water partition coefficient (Wildman–Crippen LogP) is 3.51. The number of nitrogens with zero attached hydrogens (tertiary/aromatic N) is 4. The lowest BCUT2D eigenvalue weighted by Crippen LogP contribution is -2.13. The Kier molecular flexibility index (Phi) is 6.10. The molecule has 0 saturated heterocycles. The molecule has 31 heavy (non-hydrogen) atoms. The van der Waals surface area contributed by atoms with Crippen LogP contribution in [-0.4, -0.2) is 34.5 Å². The number of aryl methyl sites for hydroxylation is 3. The van der Waals surface area contributed by atoms with Gasteiger partial charge in [-0.25, -0.2) is 8.42 Å². The van der Waals surface area contributed by atoms with Crippen molar-refractivity contribution in [1.82, 2.24) is 13.9 Å². The van der Waals surface area contributed by atoms with Crippen molar-refractivity contribution in [2.75, 3.05) is 11.6 Å². The van der Waals surface area contributed by atoms with E-state index in [2.05, 4.69) is 37.4 Å². The first-order valence-electron chi connectivity index (χ1n) is 9.24. The largest absolute Gasteiger partial charge is 0.318 e. The van der Waals surface area contributed by atoms with Gasteiger partial charge in [0.05, 0.1) is 0 Å². The third kappa shape index (κ3) is 4.90. The Balaban J connectivity index is 1.93. The van der Waals surface area contributed by atoms with Crippen LogP contribution in [-0.2, 0) is 14.6 Å². The maximum absolute atomic E-state index is 12.6. The maximum Gasteiger partial charge on any atom is 0.268 e. The molecule has 1 aromatic carbocycles. The Morgan fingerprint density at radius 2 is 1.81 bits per heavy atom. The van der Waals surface area contributed by atoms with E-state index in [4.69, 9.17) is 0 Å². The van der Waals surface area contributed by atoms with Crippen LogP contribution in [0.4, 0.5) is 5.13 Å². The smallest absolute Gasteiger partial charge is 0.268 e. The molecular formula is C21H21N5O3S2. The third-order valence-electron chi connectivity index (χ3n) is 4.56. The summed E-state index contributed by atoms with van der Waals surface area (Å²) in [4.78, 5) is 16.3. The summed E-state index contributed by atoms with van der Waals surface area (Å²) in [5.41, 5.74) is 5.75. The molecule has 2 heterocycles. The zero-order valence-corrected chi connectivity index (χ0v) is 19.3. The third-order valence-corrected chi connectivity index (χ3v) is 6.15. The Labute approximate surface area is 185 Å². The van der Waals surface area contributed by atoms with Crippen molar-refractivity contribution >= 4 is 38.5 Å². The number of aromatic nitrogens is 3. The second-order valence-corrected chi connectivity index (χ2v) is 9.95. The number of sulfone groups is 1. The first kappa shape index (κ1) is 22.4. The average Bonchev–Trinajstić information content (AvgIpc) is 3.23. The quantitative estimate of drug-likeness (QED) is 0.465. The highest BCUT2D eigenvalue weighted by Gasteiger charge is 2.18. The topological polar surface area (TPSA) is 118 Å². The molecule has 0 fully saturated rings. The predicted molar refractivity (Wildman–Crippen MR) is 120 cm³/mol. The van der Waals surface area contributed by atoms with Crippen LogP contribution in [0.5, 0.6) is 0 Å². The summed E-state index contributed by atoms with van der Waals surface area (Å²) in [7, 11) is -3.58. The molecule has 0 atom stereocenters. The van der Waals surface area contributed by atoms with Crippen LogP contribution in [0.1, 0.15) is 28.1 Å². The average molecular weight is 456 g/mol. The van der Waals surface area contributed by atoms with Crippen LogP contribution in [0, 0.1) is 39.0 Å². The first-order valence-corrected chi connectivity index (χ1v) is 11.9. The monoisotopic (exact) mass is 455 g/mol. The SMILES string of the molecule is Cc1cc(C)cc(-n2c(C)cc(C=C(C#N)C(=O)Nc3nc(S(C)(=O)=O)ns3)c2C)c1. The van der Waals surface area contributed by atoms with Gasteiger partial charge in [0.15, 0.2) is 0 Å². The van der Waals surface area contributed by atoms with Gasteiger partial charge in [0, 0.05) is 34.9 Å². The van der Waals surface area contributed by atoms with Gasteiger partial charge in [-0.15, -0.1) is 0 Å². The van der Waals surface area contributed by atoms with E-state index in [0.717, 1.165) is 51.6 Å². The van der Waals surface area contributed by atoms with Crippen molar-refractivity contribution in [2.24, 2.45) is 0 Å².